The van der Waals surface area contributed by atoms with E-state index in [4.69, 9.17) is 9.47 Å². The van der Waals surface area contributed by atoms with E-state index >= 15 is 0 Å². The van der Waals surface area contributed by atoms with Crippen molar-refractivity contribution in [2.45, 2.75) is 19.8 Å². The lowest BCUT2D eigenvalue weighted by Crippen LogP contribution is -2.05. The number of thiazole rings is 1. The molecular weight excluding hydrogens is 260 g/mol. The molecule has 2 aromatic rings. The smallest absolute Gasteiger partial charge is 0.131 e. The molecule has 102 valence electrons. The van der Waals surface area contributed by atoms with Crippen molar-refractivity contribution in [3.63, 3.8) is 0 Å². The standard InChI is InChI=1S/C14H18N2O2S/c1-15-7-14-16-12(10-19-14)9-18-13-5-3-4-11(6-13)8-17-2/h3-6,10,15H,7-9H2,1-2H3. The molecule has 0 aliphatic carbocycles. The van der Waals surface area contributed by atoms with Gasteiger partial charge in [-0.15, -0.1) is 11.3 Å². The fourth-order valence-electron chi connectivity index (χ4n) is 1.70. The summed E-state index contributed by atoms with van der Waals surface area (Å²) < 4.78 is 10.8. The molecule has 2 rings (SSSR count). The molecule has 0 bridgehead atoms. The van der Waals surface area contributed by atoms with E-state index in [0.29, 0.717) is 13.2 Å². The molecule has 5 heteroatoms. The van der Waals surface area contributed by atoms with Crippen LogP contribution in [0.3, 0.4) is 0 Å². The van der Waals surface area contributed by atoms with E-state index in [0.717, 1.165) is 28.6 Å². The summed E-state index contributed by atoms with van der Waals surface area (Å²) in [7, 11) is 3.60. The summed E-state index contributed by atoms with van der Waals surface area (Å²) >= 11 is 1.65. The second-order valence-electron chi connectivity index (χ2n) is 4.13. The molecule has 1 N–H and O–H groups in total. The van der Waals surface area contributed by atoms with Gasteiger partial charge >= 0.3 is 0 Å². The van der Waals surface area contributed by atoms with Gasteiger partial charge in [0.2, 0.25) is 0 Å². The molecule has 19 heavy (non-hydrogen) atoms. The predicted molar refractivity (Wildman–Crippen MR) is 76.4 cm³/mol. The molecule has 1 heterocycles. The fraction of sp³-hybridized carbons (Fsp3) is 0.357. The van der Waals surface area contributed by atoms with Gasteiger partial charge in [-0.1, -0.05) is 12.1 Å². The molecule has 0 unspecified atom stereocenters. The van der Waals surface area contributed by atoms with Crippen molar-refractivity contribution < 1.29 is 9.47 Å². The SMILES string of the molecule is CNCc1nc(COc2cccc(COC)c2)cs1. The zero-order valence-electron chi connectivity index (χ0n) is 11.2. The largest absolute Gasteiger partial charge is 0.487 e. The Bertz CT molecular complexity index is 514. The molecule has 0 atom stereocenters. The summed E-state index contributed by atoms with van der Waals surface area (Å²) in [5, 5.41) is 6.20. The zero-order valence-corrected chi connectivity index (χ0v) is 12.0. The Morgan fingerprint density at radius 3 is 3.00 bits per heavy atom. The van der Waals surface area contributed by atoms with Gasteiger partial charge < -0.3 is 14.8 Å². The third kappa shape index (κ3) is 4.31. The Balaban J connectivity index is 1.91. The highest BCUT2D eigenvalue weighted by Crippen LogP contribution is 2.17. The molecular formula is C14H18N2O2S. The van der Waals surface area contributed by atoms with Crippen LogP contribution in [-0.4, -0.2) is 19.1 Å². The van der Waals surface area contributed by atoms with Crippen LogP contribution < -0.4 is 10.1 Å². The quantitative estimate of drug-likeness (QED) is 0.845. The normalized spacial score (nSPS) is 10.6. The minimum absolute atomic E-state index is 0.497. The van der Waals surface area contributed by atoms with Crippen LogP contribution in [0, 0.1) is 0 Å². The van der Waals surface area contributed by atoms with Gasteiger partial charge in [-0.2, -0.15) is 0 Å². The van der Waals surface area contributed by atoms with Gasteiger partial charge in [0.25, 0.3) is 0 Å². The number of ether oxygens (including phenoxy) is 2. The van der Waals surface area contributed by atoms with Crippen molar-refractivity contribution in [3.05, 3.63) is 45.9 Å². The van der Waals surface area contributed by atoms with E-state index in [1.54, 1.807) is 18.4 Å². The van der Waals surface area contributed by atoms with Crippen molar-refractivity contribution in [2.24, 2.45) is 0 Å². The third-order valence-electron chi connectivity index (χ3n) is 2.52. The number of rotatable bonds is 7. The van der Waals surface area contributed by atoms with Gasteiger partial charge in [-0.05, 0) is 24.7 Å². The van der Waals surface area contributed by atoms with Crippen LogP contribution in [0.25, 0.3) is 0 Å². The van der Waals surface area contributed by atoms with Gasteiger partial charge in [0.1, 0.15) is 17.4 Å². The van der Waals surface area contributed by atoms with Crippen molar-refractivity contribution in [3.8, 4) is 5.75 Å². The van der Waals surface area contributed by atoms with Crippen LogP contribution >= 0.6 is 11.3 Å². The van der Waals surface area contributed by atoms with Gasteiger partial charge in [0, 0.05) is 19.0 Å². The Hall–Kier alpha value is -1.43. The Morgan fingerprint density at radius 2 is 2.21 bits per heavy atom. The Labute approximate surface area is 117 Å². The molecule has 0 saturated carbocycles. The average molecular weight is 278 g/mol. The van der Waals surface area contributed by atoms with Crippen LogP contribution in [0.15, 0.2) is 29.6 Å². The minimum Gasteiger partial charge on any atom is -0.487 e. The Morgan fingerprint density at radius 1 is 1.32 bits per heavy atom. The highest BCUT2D eigenvalue weighted by atomic mass is 32.1. The molecule has 4 nitrogen and oxygen atoms in total. The fourth-order valence-corrected chi connectivity index (χ4v) is 2.49. The molecule has 0 aliphatic heterocycles. The second-order valence-corrected chi connectivity index (χ2v) is 5.07. The van der Waals surface area contributed by atoms with E-state index in [1.807, 2.05) is 36.7 Å². The number of nitrogens with zero attached hydrogens (tertiary/aromatic N) is 1. The summed E-state index contributed by atoms with van der Waals surface area (Å²) in [6.07, 6.45) is 0. The summed E-state index contributed by atoms with van der Waals surface area (Å²) in [5.74, 6) is 0.845. The first-order valence-electron chi connectivity index (χ1n) is 6.10. The zero-order chi connectivity index (χ0) is 13.5. The highest BCUT2D eigenvalue weighted by Gasteiger charge is 2.03. The number of nitrogens with one attached hydrogen (secondary N) is 1. The van der Waals surface area contributed by atoms with Crippen LogP contribution in [0.2, 0.25) is 0 Å². The minimum atomic E-state index is 0.497. The first-order chi connectivity index (χ1) is 9.31. The predicted octanol–water partition coefficient (Wildman–Crippen LogP) is 2.59. The summed E-state index contributed by atoms with van der Waals surface area (Å²) in [5.41, 5.74) is 2.07. The highest BCUT2D eigenvalue weighted by molar-refractivity contribution is 7.09. The molecule has 0 aliphatic rings. The average Bonchev–Trinajstić information content (AvgIpc) is 2.86. The van der Waals surface area contributed by atoms with E-state index in [-0.39, 0.29) is 0 Å². The van der Waals surface area contributed by atoms with E-state index in [2.05, 4.69) is 10.3 Å². The van der Waals surface area contributed by atoms with E-state index in [9.17, 15) is 0 Å². The maximum Gasteiger partial charge on any atom is 0.131 e. The monoisotopic (exact) mass is 278 g/mol. The van der Waals surface area contributed by atoms with Gasteiger partial charge in [0.15, 0.2) is 0 Å². The topological polar surface area (TPSA) is 43.4 Å². The number of methoxy groups -OCH3 is 1. The summed E-state index contributed by atoms with van der Waals surface area (Å²) in [6, 6.07) is 7.92. The van der Waals surface area contributed by atoms with Crippen molar-refractivity contribution in [1.29, 1.82) is 0 Å². The lowest BCUT2D eigenvalue weighted by Gasteiger charge is -2.06. The molecule has 1 aromatic carbocycles. The maximum absolute atomic E-state index is 5.74. The van der Waals surface area contributed by atoms with E-state index < -0.39 is 0 Å². The second kappa shape index (κ2) is 7.23. The molecule has 1 aromatic heterocycles. The van der Waals surface area contributed by atoms with Crippen LogP contribution in [0.4, 0.5) is 0 Å². The molecule has 0 amide bonds. The molecule has 0 radical (unpaired) electrons. The lowest BCUT2D eigenvalue weighted by molar-refractivity contribution is 0.184. The first-order valence-corrected chi connectivity index (χ1v) is 6.98. The molecule has 0 fully saturated rings. The van der Waals surface area contributed by atoms with E-state index in [1.165, 1.54) is 0 Å². The van der Waals surface area contributed by atoms with Crippen molar-refractivity contribution >= 4 is 11.3 Å². The summed E-state index contributed by atoms with van der Waals surface area (Å²) in [4.78, 5) is 4.48. The Kier molecular flexibility index (Phi) is 5.32. The summed E-state index contributed by atoms with van der Waals surface area (Å²) in [6.45, 7) is 1.89. The van der Waals surface area contributed by atoms with Crippen molar-refractivity contribution in [1.82, 2.24) is 10.3 Å². The number of benzene rings is 1. The van der Waals surface area contributed by atoms with Gasteiger partial charge in [-0.25, -0.2) is 4.98 Å². The molecule has 0 saturated heterocycles. The maximum atomic E-state index is 5.74. The van der Waals surface area contributed by atoms with Gasteiger partial charge in [-0.3, -0.25) is 0 Å². The third-order valence-corrected chi connectivity index (χ3v) is 3.42. The first kappa shape index (κ1) is 14.0. The number of hydrogen-bond acceptors (Lipinski definition) is 5. The lowest BCUT2D eigenvalue weighted by atomic mass is 10.2. The van der Waals surface area contributed by atoms with Gasteiger partial charge in [0.05, 0.1) is 12.3 Å². The number of hydrogen-bond donors (Lipinski definition) is 1. The van der Waals surface area contributed by atoms with Crippen molar-refractivity contribution in [2.75, 3.05) is 14.2 Å². The van der Waals surface area contributed by atoms with Crippen LogP contribution in [-0.2, 0) is 24.5 Å². The van der Waals surface area contributed by atoms with Crippen LogP contribution in [0.5, 0.6) is 5.75 Å². The molecule has 0 spiro atoms. The van der Waals surface area contributed by atoms with Crippen LogP contribution in [0.1, 0.15) is 16.3 Å². The number of aromatic nitrogens is 1.